The smallest absolute Gasteiger partial charge is 0.323 e. The largest absolute Gasteiger partial charge is 0.493 e. The molecular formula is C31H32N4O4. The van der Waals surface area contributed by atoms with Crippen LogP contribution in [0.2, 0.25) is 0 Å². The van der Waals surface area contributed by atoms with Gasteiger partial charge in [0.25, 0.3) is 0 Å². The maximum atomic E-state index is 12.8. The molecule has 1 aliphatic heterocycles. The van der Waals surface area contributed by atoms with Gasteiger partial charge in [-0.15, -0.1) is 0 Å². The number of aromatic amines is 1. The fourth-order valence-electron chi connectivity index (χ4n) is 4.90. The lowest BCUT2D eigenvalue weighted by molar-refractivity contribution is 0.141. The minimum atomic E-state index is -0.287. The Labute approximate surface area is 227 Å². The average molecular weight is 525 g/mol. The predicted molar refractivity (Wildman–Crippen MR) is 151 cm³/mol. The van der Waals surface area contributed by atoms with Crippen molar-refractivity contribution in [2.75, 3.05) is 30.5 Å². The summed E-state index contributed by atoms with van der Waals surface area (Å²) in [6, 6.07) is 21.3. The lowest BCUT2D eigenvalue weighted by Crippen LogP contribution is -2.20. The summed E-state index contributed by atoms with van der Waals surface area (Å²) in [6.45, 7) is 1.88. The summed E-state index contributed by atoms with van der Waals surface area (Å²) >= 11 is 0. The Morgan fingerprint density at radius 3 is 2.67 bits per heavy atom. The zero-order valence-corrected chi connectivity index (χ0v) is 21.7. The van der Waals surface area contributed by atoms with Crippen LogP contribution < -0.4 is 20.1 Å². The number of carbonyl (C=O) groups is 1. The van der Waals surface area contributed by atoms with Crippen LogP contribution in [-0.4, -0.2) is 41.9 Å². The number of anilines is 2. The zero-order valence-electron chi connectivity index (χ0n) is 21.7. The molecule has 1 saturated carbocycles. The van der Waals surface area contributed by atoms with Crippen LogP contribution in [0.3, 0.4) is 0 Å². The maximum absolute atomic E-state index is 12.8. The molecule has 6 rings (SSSR count). The van der Waals surface area contributed by atoms with E-state index in [1.165, 1.54) is 24.0 Å². The first-order chi connectivity index (χ1) is 19.2. The van der Waals surface area contributed by atoms with Crippen LogP contribution in [0.15, 0.2) is 79.3 Å². The van der Waals surface area contributed by atoms with Crippen molar-refractivity contribution in [1.29, 1.82) is 0 Å². The Balaban J connectivity index is 1.07. The van der Waals surface area contributed by atoms with Crippen molar-refractivity contribution in [2.24, 2.45) is 0 Å². The van der Waals surface area contributed by atoms with Crippen LogP contribution in [-0.2, 0) is 11.2 Å². The van der Waals surface area contributed by atoms with Gasteiger partial charge >= 0.3 is 6.03 Å². The molecule has 2 heterocycles. The van der Waals surface area contributed by atoms with Gasteiger partial charge in [-0.05, 0) is 66.3 Å². The third-order valence-corrected chi connectivity index (χ3v) is 7.01. The first kappa shape index (κ1) is 25.0. The van der Waals surface area contributed by atoms with E-state index in [4.69, 9.17) is 14.2 Å². The van der Waals surface area contributed by atoms with Gasteiger partial charge < -0.3 is 29.8 Å². The standard InChI is InChI=1S/C31H32N4O4/c36-31(34-23-4-3-5-25(16-23)39-26-13-14-37-19-26)35-24-11-10-22(28(17-24)21-8-9-21)12-15-38-30-7-2-1-6-27(30)29-18-32-20-33-29/h1-7,10-11,16-18,20-21,26H,8-9,12-15,19H2,(H,32,33)(H2,34,35,36). The molecule has 3 aromatic carbocycles. The Morgan fingerprint density at radius 1 is 1.00 bits per heavy atom. The van der Waals surface area contributed by atoms with E-state index >= 15 is 0 Å². The Kier molecular flexibility index (Phi) is 7.45. The summed E-state index contributed by atoms with van der Waals surface area (Å²) in [5.74, 6) is 2.09. The Morgan fingerprint density at radius 2 is 1.87 bits per heavy atom. The van der Waals surface area contributed by atoms with Crippen LogP contribution in [0.5, 0.6) is 11.5 Å². The molecular weight excluding hydrogens is 492 g/mol. The molecule has 8 nitrogen and oxygen atoms in total. The number of urea groups is 1. The molecule has 1 aliphatic carbocycles. The summed E-state index contributed by atoms with van der Waals surface area (Å²) in [6.07, 6.45) is 7.53. The molecule has 2 aliphatic rings. The van der Waals surface area contributed by atoms with E-state index in [0.717, 1.165) is 47.9 Å². The predicted octanol–water partition coefficient (Wildman–Crippen LogP) is 6.39. The summed E-state index contributed by atoms with van der Waals surface area (Å²) in [5.41, 5.74) is 5.92. The molecule has 1 aromatic heterocycles. The van der Waals surface area contributed by atoms with Crippen LogP contribution in [0, 0.1) is 0 Å². The number of amides is 2. The van der Waals surface area contributed by atoms with E-state index in [1.807, 2.05) is 54.6 Å². The summed E-state index contributed by atoms with van der Waals surface area (Å²) < 4.78 is 17.5. The van der Waals surface area contributed by atoms with Gasteiger partial charge in [-0.25, -0.2) is 9.78 Å². The summed E-state index contributed by atoms with van der Waals surface area (Å²) in [7, 11) is 0. The number of nitrogens with one attached hydrogen (secondary N) is 3. The normalized spacial score (nSPS) is 16.6. The topological polar surface area (TPSA) is 97.5 Å². The lowest BCUT2D eigenvalue weighted by Gasteiger charge is -2.15. The number of para-hydroxylation sites is 1. The van der Waals surface area contributed by atoms with Gasteiger partial charge in [-0.3, -0.25) is 0 Å². The number of H-pyrrole nitrogens is 1. The average Bonchev–Trinajstić information content (AvgIpc) is 3.39. The number of hydrogen-bond donors (Lipinski definition) is 3. The van der Waals surface area contributed by atoms with E-state index in [9.17, 15) is 4.79 Å². The number of nitrogens with zero attached hydrogens (tertiary/aromatic N) is 1. The minimum absolute atomic E-state index is 0.0601. The van der Waals surface area contributed by atoms with Crippen molar-refractivity contribution < 1.29 is 19.0 Å². The van der Waals surface area contributed by atoms with E-state index in [1.54, 1.807) is 12.5 Å². The number of benzene rings is 3. The van der Waals surface area contributed by atoms with Crippen molar-refractivity contribution in [3.63, 3.8) is 0 Å². The summed E-state index contributed by atoms with van der Waals surface area (Å²) in [5, 5.41) is 5.90. The van der Waals surface area contributed by atoms with Gasteiger partial charge in [-0.2, -0.15) is 0 Å². The first-order valence-electron chi connectivity index (χ1n) is 13.5. The highest BCUT2D eigenvalue weighted by Crippen LogP contribution is 2.43. The number of hydrogen-bond acceptors (Lipinski definition) is 5. The van der Waals surface area contributed by atoms with E-state index < -0.39 is 0 Å². The molecule has 0 bridgehead atoms. The molecule has 1 unspecified atom stereocenters. The molecule has 200 valence electrons. The van der Waals surface area contributed by atoms with E-state index in [2.05, 4.69) is 32.7 Å². The highest BCUT2D eigenvalue weighted by molar-refractivity contribution is 5.99. The number of carbonyl (C=O) groups excluding carboxylic acids is 1. The zero-order chi connectivity index (χ0) is 26.4. The van der Waals surface area contributed by atoms with Crippen molar-refractivity contribution in [3.8, 4) is 22.8 Å². The van der Waals surface area contributed by atoms with Crippen LogP contribution in [0.4, 0.5) is 16.2 Å². The monoisotopic (exact) mass is 524 g/mol. The second-order valence-corrected chi connectivity index (χ2v) is 9.96. The van der Waals surface area contributed by atoms with Gasteiger partial charge in [0.05, 0.1) is 38.0 Å². The number of imidazole rings is 1. The Hall–Kier alpha value is -4.30. The number of ether oxygens (including phenoxy) is 3. The van der Waals surface area contributed by atoms with Crippen LogP contribution in [0.1, 0.15) is 36.3 Å². The van der Waals surface area contributed by atoms with E-state index in [-0.39, 0.29) is 12.1 Å². The number of rotatable bonds is 10. The van der Waals surface area contributed by atoms with Crippen molar-refractivity contribution in [1.82, 2.24) is 9.97 Å². The quantitative estimate of drug-likeness (QED) is 0.223. The highest BCUT2D eigenvalue weighted by atomic mass is 16.5. The molecule has 4 aromatic rings. The molecule has 0 spiro atoms. The third kappa shape index (κ3) is 6.41. The molecule has 8 heteroatoms. The van der Waals surface area contributed by atoms with Crippen molar-refractivity contribution in [2.45, 2.75) is 37.7 Å². The first-order valence-corrected chi connectivity index (χ1v) is 13.5. The van der Waals surface area contributed by atoms with Gasteiger partial charge in [0.15, 0.2) is 0 Å². The maximum Gasteiger partial charge on any atom is 0.323 e. The second kappa shape index (κ2) is 11.6. The highest BCUT2D eigenvalue weighted by Gasteiger charge is 2.26. The van der Waals surface area contributed by atoms with Crippen molar-refractivity contribution in [3.05, 3.63) is 90.4 Å². The fraction of sp³-hybridized carbons (Fsp3) is 0.290. The SMILES string of the molecule is O=C(Nc1cccc(OC2CCOC2)c1)Nc1ccc(CCOc2ccccc2-c2cnc[nH]2)c(C2CC2)c1. The van der Waals surface area contributed by atoms with Crippen molar-refractivity contribution >= 4 is 17.4 Å². The molecule has 39 heavy (non-hydrogen) atoms. The molecule has 1 saturated heterocycles. The van der Waals surface area contributed by atoms with E-state index in [0.29, 0.717) is 24.8 Å². The fourth-order valence-corrected chi connectivity index (χ4v) is 4.90. The third-order valence-electron chi connectivity index (χ3n) is 7.01. The lowest BCUT2D eigenvalue weighted by atomic mass is 10.00. The molecule has 0 radical (unpaired) electrons. The second-order valence-electron chi connectivity index (χ2n) is 9.96. The molecule has 2 amide bonds. The van der Waals surface area contributed by atoms with Crippen LogP contribution in [0.25, 0.3) is 11.3 Å². The minimum Gasteiger partial charge on any atom is -0.493 e. The summed E-state index contributed by atoms with van der Waals surface area (Å²) in [4.78, 5) is 20.0. The van der Waals surface area contributed by atoms with Gasteiger partial charge in [0, 0.05) is 35.8 Å². The molecule has 1 atom stereocenters. The molecule has 3 N–H and O–H groups in total. The van der Waals surface area contributed by atoms with Gasteiger partial charge in [0.2, 0.25) is 0 Å². The van der Waals surface area contributed by atoms with Gasteiger partial charge in [-0.1, -0.05) is 24.3 Å². The van der Waals surface area contributed by atoms with Crippen LogP contribution >= 0.6 is 0 Å². The molecule has 2 fully saturated rings. The number of aromatic nitrogens is 2. The van der Waals surface area contributed by atoms with Gasteiger partial charge in [0.1, 0.15) is 17.6 Å². The Bertz CT molecular complexity index is 1410.